The second-order valence-electron chi connectivity index (χ2n) is 10.3. The van der Waals surface area contributed by atoms with E-state index < -0.39 is 0 Å². The van der Waals surface area contributed by atoms with Crippen LogP contribution in [0.15, 0.2) is 30.3 Å². The van der Waals surface area contributed by atoms with Gasteiger partial charge in [0.15, 0.2) is 0 Å². The minimum Gasteiger partial charge on any atom is -0.357 e. The highest BCUT2D eigenvalue weighted by Crippen LogP contribution is 2.32. The first-order chi connectivity index (χ1) is 16.2. The Morgan fingerprint density at radius 2 is 1.61 bits per heavy atom. The number of hydrogen-bond acceptors (Lipinski definition) is 4. The van der Waals surface area contributed by atoms with Crippen molar-refractivity contribution in [3.05, 3.63) is 57.7 Å². The number of nitrogens with zero attached hydrogens (tertiary/aromatic N) is 4. The Bertz CT molecular complexity index is 1020. The van der Waals surface area contributed by atoms with Crippen molar-refractivity contribution in [2.45, 2.75) is 31.7 Å². The molecule has 1 unspecified atom stereocenters. The van der Waals surface area contributed by atoms with Crippen LogP contribution in [0.1, 0.15) is 42.1 Å². The molecule has 33 heavy (non-hydrogen) atoms. The summed E-state index contributed by atoms with van der Waals surface area (Å²) in [7, 11) is 4.34. The highest BCUT2D eigenvalue weighted by Gasteiger charge is 2.31. The number of hydrogen-bond donors (Lipinski definition) is 1. The molecule has 3 aliphatic rings. The van der Waals surface area contributed by atoms with Gasteiger partial charge >= 0.3 is 0 Å². The van der Waals surface area contributed by atoms with Gasteiger partial charge in [-0.1, -0.05) is 42.5 Å². The summed E-state index contributed by atoms with van der Waals surface area (Å²) >= 11 is 0. The topological polar surface area (TPSA) is 28.8 Å². The van der Waals surface area contributed by atoms with Crippen molar-refractivity contribution in [2.75, 3.05) is 73.0 Å². The molecule has 1 aromatic carbocycles. The summed E-state index contributed by atoms with van der Waals surface area (Å²) in [6.07, 6.45) is 9.63. The molecule has 1 N–H and O–H groups in total. The average molecular weight is 448 g/mol. The van der Waals surface area contributed by atoms with E-state index >= 15 is 0 Å². The van der Waals surface area contributed by atoms with Crippen molar-refractivity contribution in [1.82, 2.24) is 24.6 Å². The number of piperazine rings is 1. The van der Waals surface area contributed by atoms with Gasteiger partial charge in [-0.15, -0.1) is 0 Å². The van der Waals surface area contributed by atoms with Crippen LogP contribution in [-0.2, 0) is 6.42 Å². The second-order valence-corrected chi connectivity index (χ2v) is 10.3. The third-order valence-corrected chi connectivity index (χ3v) is 7.72. The molecule has 5 heteroatoms. The lowest BCUT2D eigenvalue weighted by Gasteiger charge is -2.39. The molecular formula is C28H41N5. The highest BCUT2D eigenvalue weighted by molar-refractivity contribution is 5.45. The first-order valence-electron chi connectivity index (χ1n) is 13.0. The van der Waals surface area contributed by atoms with Crippen LogP contribution < -0.4 is 10.6 Å². The van der Waals surface area contributed by atoms with Crippen LogP contribution in [0.5, 0.6) is 0 Å². The fourth-order valence-corrected chi connectivity index (χ4v) is 5.89. The lowest BCUT2D eigenvalue weighted by Crippen LogP contribution is -2.49. The molecule has 1 atom stereocenters. The first-order valence-corrected chi connectivity index (χ1v) is 13.0. The van der Waals surface area contributed by atoms with Crippen molar-refractivity contribution in [3.63, 3.8) is 0 Å². The van der Waals surface area contributed by atoms with E-state index in [9.17, 15) is 0 Å². The van der Waals surface area contributed by atoms with Crippen LogP contribution in [0.3, 0.4) is 0 Å². The van der Waals surface area contributed by atoms with E-state index in [1.807, 2.05) is 0 Å². The number of rotatable bonds is 8. The summed E-state index contributed by atoms with van der Waals surface area (Å²) in [4.78, 5) is 14.2. The van der Waals surface area contributed by atoms with Gasteiger partial charge < -0.3 is 14.8 Å². The molecular weight excluding hydrogens is 406 g/mol. The van der Waals surface area contributed by atoms with Gasteiger partial charge in [-0.25, -0.2) is 0 Å². The average Bonchev–Trinajstić information content (AvgIpc) is 3.22. The Morgan fingerprint density at radius 3 is 2.36 bits per heavy atom. The maximum Gasteiger partial charge on any atom is 0.0757 e. The molecule has 0 bridgehead atoms. The van der Waals surface area contributed by atoms with Gasteiger partial charge in [0.1, 0.15) is 0 Å². The lowest BCUT2D eigenvalue weighted by atomic mass is 9.92. The molecule has 0 saturated carbocycles. The summed E-state index contributed by atoms with van der Waals surface area (Å²) in [5.41, 5.74) is 4.43. The second kappa shape index (κ2) is 10.6. The molecule has 1 fully saturated rings. The summed E-state index contributed by atoms with van der Waals surface area (Å²) < 4.78 is 0. The van der Waals surface area contributed by atoms with Gasteiger partial charge in [0, 0.05) is 56.9 Å². The number of fused-ring (bicyclic) bond motifs is 3. The van der Waals surface area contributed by atoms with Crippen LogP contribution in [-0.4, -0.2) is 97.6 Å². The van der Waals surface area contributed by atoms with E-state index in [2.05, 4.69) is 81.2 Å². The number of nitrogens with one attached hydrogen (secondary N) is 1. The van der Waals surface area contributed by atoms with Crippen LogP contribution in [0.4, 0.5) is 0 Å². The molecule has 2 aliphatic heterocycles. The van der Waals surface area contributed by atoms with Gasteiger partial charge in [-0.05, 0) is 69.2 Å². The predicted octanol–water partition coefficient (Wildman–Crippen LogP) is 1.89. The molecule has 1 aromatic heterocycles. The van der Waals surface area contributed by atoms with Crippen molar-refractivity contribution in [3.8, 4) is 0 Å². The fourth-order valence-electron chi connectivity index (χ4n) is 5.89. The number of aromatic nitrogens is 1. The first kappa shape index (κ1) is 22.9. The Kier molecular flexibility index (Phi) is 7.31. The van der Waals surface area contributed by atoms with Gasteiger partial charge in [0.2, 0.25) is 0 Å². The Hall–Kier alpha value is -1.92. The molecule has 2 aromatic rings. The molecule has 5 nitrogen and oxygen atoms in total. The largest absolute Gasteiger partial charge is 0.357 e. The molecule has 3 heterocycles. The number of aromatic amines is 1. The zero-order valence-electron chi connectivity index (χ0n) is 20.6. The van der Waals surface area contributed by atoms with Crippen molar-refractivity contribution in [1.29, 1.82) is 0 Å². The van der Waals surface area contributed by atoms with Gasteiger partial charge in [-0.2, -0.15) is 0 Å². The van der Waals surface area contributed by atoms with E-state index in [1.54, 1.807) is 5.56 Å². The van der Waals surface area contributed by atoms with Gasteiger partial charge in [-0.3, -0.25) is 9.80 Å². The fraction of sp³-hybridized carbons (Fsp3) is 0.571. The molecule has 1 saturated heterocycles. The smallest absolute Gasteiger partial charge is 0.0757 e. The maximum atomic E-state index is 3.85. The normalized spacial score (nSPS) is 22.0. The number of H-pyrrole nitrogens is 1. The van der Waals surface area contributed by atoms with E-state index in [4.69, 9.17) is 0 Å². The van der Waals surface area contributed by atoms with Crippen LogP contribution >= 0.6 is 0 Å². The SMILES string of the molecule is CN(C)CCCN1CCN(CCN2CCc3c([nH]c4c3=CCCC=4)C2c2ccccc2)CC1. The zero-order valence-corrected chi connectivity index (χ0v) is 20.6. The summed E-state index contributed by atoms with van der Waals surface area (Å²) in [5, 5.41) is 2.85. The Labute approximate surface area is 199 Å². The third-order valence-electron chi connectivity index (χ3n) is 7.72. The molecule has 5 rings (SSSR count). The quantitative estimate of drug-likeness (QED) is 0.669. The molecule has 0 radical (unpaired) electrons. The standard InChI is InChI=1S/C28H41N5/c1-30(2)14-8-15-31-17-19-32(20-18-31)21-22-33-16-13-25-24-11-6-7-12-26(24)29-27(25)28(33)23-9-4-3-5-10-23/h3-5,9-12,28-29H,6-8,13-22H2,1-2H3. The van der Waals surface area contributed by atoms with Gasteiger partial charge in [0.05, 0.1) is 6.04 Å². The van der Waals surface area contributed by atoms with Crippen molar-refractivity contribution < 1.29 is 0 Å². The minimum atomic E-state index is 0.342. The van der Waals surface area contributed by atoms with Crippen LogP contribution in [0.25, 0.3) is 12.2 Å². The minimum absolute atomic E-state index is 0.342. The van der Waals surface area contributed by atoms with Gasteiger partial charge in [0.25, 0.3) is 0 Å². The Morgan fingerprint density at radius 1 is 0.879 bits per heavy atom. The summed E-state index contributed by atoms with van der Waals surface area (Å²) in [5.74, 6) is 0. The lowest BCUT2D eigenvalue weighted by molar-refractivity contribution is 0.107. The highest BCUT2D eigenvalue weighted by atomic mass is 15.3. The van der Waals surface area contributed by atoms with E-state index in [0.29, 0.717) is 6.04 Å². The molecule has 0 amide bonds. The van der Waals surface area contributed by atoms with Crippen molar-refractivity contribution >= 4 is 12.2 Å². The molecule has 1 aliphatic carbocycles. The Balaban J connectivity index is 1.25. The van der Waals surface area contributed by atoms with E-state index in [0.717, 1.165) is 25.9 Å². The van der Waals surface area contributed by atoms with E-state index in [-0.39, 0.29) is 0 Å². The third kappa shape index (κ3) is 5.27. The zero-order chi connectivity index (χ0) is 22.6. The van der Waals surface area contributed by atoms with E-state index in [1.165, 1.54) is 80.5 Å². The monoisotopic (exact) mass is 447 g/mol. The van der Waals surface area contributed by atoms with Crippen LogP contribution in [0, 0.1) is 0 Å². The predicted molar refractivity (Wildman–Crippen MR) is 138 cm³/mol. The van der Waals surface area contributed by atoms with Crippen molar-refractivity contribution in [2.24, 2.45) is 0 Å². The number of benzene rings is 1. The summed E-state index contributed by atoms with van der Waals surface area (Å²) in [6, 6.07) is 11.5. The van der Waals surface area contributed by atoms with Crippen LogP contribution in [0.2, 0.25) is 0 Å². The molecule has 178 valence electrons. The maximum absolute atomic E-state index is 3.85. The molecule has 0 spiro atoms. The summed E-state index contributed by atoms with van der Waals surface area (Å²) in [6.45, 7) is 10.7.